The number of para-hydroxylation sites is 1. The van der Waals surface area contributed by atoms with Gasteiger partial charge in [-0.2, -0.15) is 0 Å². The average Bonchev–Trinajstić information content (AvgIpc) is 2.71. The van der Waals surface area contributed by atoms with Gasteiger partial charge in [-0.3, -0.25) is 14.8 Å². The number of fused-ring (bicyclic) bond motifs is 1. The molecule has 1 saturated heterocycles. The first-order valence-corrected chi connectivity index (χ1v) is 7.43. The topological polar surface area (TPSA) is 58.1 Å². The third-order valence-corrected chi connectivity index (χ3v) is 4.03. The fraction of sp³-hybridized carbons (Fsp3) is 0.438. The van der Waals surface area contributed by atoms with Gasteiger partial charge in [-0.25, -0.2) is 0 Å². The molecule has 0 aliphatic carbocycles. The molecule has 1 aliphatic heterocycles. The summed E-state index contributed by atoms with van der Waals surface area (Å²) in [4.78, 5) is 23.4. The van der Waals surface area contributed by atoms with Crippen LogP contribution in [0.1, 0.15) is 29.6 Å². The molecule has 0 spiro atoms. The molecule has 5 heteroatoms. The normalized spacial score (nSPS) is 20.1. The maximum absolute atomic E-state index is 12.5. The number of hydrogen-bond donors (Lipinski definition) is 1. The van der Waals surface area contributed by atoms with Gasteiger partial charge in [0.15, 0.2) is 0 Å². The number of hydrogen-bond acceptors (Lipinski definition) is 4. The largest absolute Gasteiger partial charge is 0.349 e. The van der Waals surface area contributed by atoms with Gasteiger partial charge in [0.25, 0.3) is 5.91 Å². The molecule has 1 aliphatic rings. The quantitative estimate of drug-likeness (QED) is 0.914. The van der Waals surface area contributed by atoms with Crippen molar-refractivity contribution in [2.75, 3.05) is 20.1 Å². The Morgan fingerprint density at radius 2 is 2.10 bits per heavy atom. The van der Waals surface area contributed by atoms with Crippen molar-refractivity contribution in [3.8, 4) is 0 Å². The average molecular weight is 284 g/mol. The van der Waals surface area contributed by atoms with Crippen LogP contribution in [0.3, 0.4) is 0 Å². The summed E-state index contributed by atoms with van der Waals surface area (Å²) in [5, 5.41) is 3.15. The Hall–Kier alpha value is -2.01. The standard InChI is InChI=1S/C16H20N4O/c1-20-10-3-4-12(7-11-20)19-16(21)13-5-2-6-14-15(13)18-9-8-17-14/h2,5-6,8-9,12H,3-4,7,10-11H2,1H3,(H,19,21). The van der Waals surface area contributed by atoms with Crippen molar-refractivity contribution in [2.45, 2.75) is 25.3 Å². The highest BCUT2D eigenvalue weighted by atomic mass is 16.1. The molecule has 3 rings (SSSR count). The molecule has 1 fully saturated rings. The summed E-state index contributed by atoms with van der Waals surface area (Å²) >= 11 is 0. The van der Waals surface area contributed by atoms with Gasteiger partial charge < -0.3 is 10.2 Å². The number of benzene rings is 1. The molecule has 1 atom stereocenters. The van der Waals surface area contributed by atoms with Crippen LogP contribution in [0.25, 0.3) is 11.0 Å². The lowest BCUT2D eigenvalue weighted by molar-refractivity contribution is 0.0935. The van der Waals surface area contributed by atoms with Crippen LogP contribution < -0.4 is 5.32 Å². The van der Waals surface area contributed by atoms with Gasteiger partial charge in [0.1, 0.15) is 5.52 Å². The lowest BCUT2D eigenvalue weighted by atomic mass is 10.1. The van der Waals surface area contributed by atoms with Crippen molar-refractivity contribution >= 4 is 16.9 Å². The SMILES string of the molecule is CN1CCCC(NC(=O)c2cccc3nccnc23)CC1. The molecule has 1 N–H and O–H groups in total. The van der Waals surface area contributed by atoms with E-state index >= 15 is 0 Å². The number of aromatic nitrogens is 2. The third-order valence-electron chi connectivity index (χ3n) is 4.03. The lowest BCUT2D eigenvalue weighted by Gasteiger charge is -2.17. The fourth-order valence-corrected chi connectivity index (χ4v) is 2.82. The predicted molar refractivity (Wildman–Crippen MR) is 82.1 cm³/mol. The van der Waals surface area contributed by atoms with E-state index in [1.165, 1.54) is 0 Å². The van der Waals surface area contributed by atoms with Crippen molar-refractivity contribution in [3.05, 3.63) is 36.2 Å². The molecule has 0 radical (unpaired) electrons. The minimum Gasteiger partial charge on any atom is -0.349 e. The summed E-state index contributed by atoms with van der Waals surface area (Å²) in [6.45, 7) is 2.13. The number of likely N-dealkylation sites (tertiary alicyclic amines) is 1. The monoisotopic (exact) mass is 284 g/mol. The first kappa shape index (κ1) is 13.9. The fourth-order valence-electron chi connectivity index (χ4n) is 2.82. The van der Waals surface area contributed by atoms with Crippen LogP contribution in [0.2, 0.25) is 0 Å². The van der Waals surface area contributed by atoms with E-state index in [4.69, 9.17) is 0 Å². The second-order valence-electron chi connectivity index (χ2n) is 5.63. The Morgan fingerprint density at radius 3 is 3.00 bits per heavy atom. The number of carbonyl (C=O) groups excluding carboxylic acids is 1. The van der Waals surface area contributed by atoms with E-state index in [-0.39, 0.29) is 11.9 Å². The first-order valence-electron chi connectivity index (χ1n) is 7.43. The van der Waals surface area contributed by atoms with E-state index in [2.05, 4.69) is 27.2 Å². The maximum Gasteiger partial charge on any atom is 0.253 e. The highest BCUT2D eigenvalue weighted by Crippen LogP contribution is 2.15. The molecular formula is C16H20N4O. The molecule has 2 heterocycles. The zero-order chi connectivity index (χ0) is 14.7. The van der Waals surface area contributed by atoms with Crippen molar-refractivity contribution in [1.29, 1.82) is 0 Å². The Bertz CT molecular complexity index is 638. The Kier molecular flexibility index (Phi) is 4.10. The third kappa shape index (κ3) is 3.19. The van der Waals surface area contributed by atoms with E-state index < -0.39 is 0 Å². The molecule has 21 heavy (non-hydrogen) atoms. The van der Waals surface area contributed by atoms with Crippen molar-refractivity contribution in [2.24, 2.45) is 0 Å². The Balaban J connectivity index is 1.78. The van der Waals surface area contributed by atoms with E-state index in [1.807, 2.05) is 18.2 Å². The highest BCUT2D eigenvalue weighted by Gasteiger charge is 2.19. The van der Waals surface area contributed by atoms with Gasteiger partial charge in [0.2, 0.25) is 0 Å². The van der Waals surface area contributed by atoms with Crippen LogP contribution >= 0.6 is 0 Å². The lowest BCUT2D eigenvalue weighted by Crippen LogP contribution is -2.35. The van der Waals surface area contributed by atoms with Crippen LogP contribution in [-0.2, 0) is 0 Å². The van der Waals surface area contributed by atoms with Gasteiger partial charge >= 0.3 is 0 Å². The van der Waals surface area contributed by atoms with Crippen LogP contribution in [0.15, 0.2) is 30.6 Å². The smallest absolute Gasteiger partial charge is 0.253 e. The van der Waals surface area contributed by atoms with Crippen LogP contribution in [0, 0.1) is 0 Å². The molecule has 1 amide bonds. The highest BCUT2D eigenvalue weighted by molar-refractivity contribution is 6.04. The number of rotatable bonds is 2. The molecule has 2 aromatic rings. The summed E-state index contributed by atoms with van der Waals surface area (Å²) in [5.74, 6) is -0.0457. The van der Waals surface area contributed by atoms with Crippen molar-refractivity contribution in [1.82, 2.24) is 20.2 Å². The van der Waals surface area contributed by atoms with Gasteiger partial charge in [-0.15, -0.1) is 0 Å². The number of carbonyl (C=O) groups is 1. The van der Waals surface area contributed by atoms with Gasteiger partial charge in [0.05, 0.1) is 11.1 Å². The summed E-state index contributed by atoms with van der Waals surface area (Å²) < 4.78 is 0. The zero-order valence-electron chi connectivity index (χ0n) is 12.2. The number of nitrogens with one attached hydrogen (secondary N) is 1. The maximum atomic E-state index is 12.5. The summed E-state index contributed by atoms with van der Waals surface area (Å²) in [6.07, 6.45) is 6.42. The second kappa shape index (κ2) is 6.18. The summed E-state index contributed by atoms with van der Waals surface area (Å²) in [7, 11) is 2.13. The van der Waals surface area contributed by atoms with E-state index in [9.17, 15) is 4.79 Å². The Morgan fingerprint density at radius 1 is 1.24 bits per heavy atom. The number of nitrogens with zero attached hydrogens (tertiary/aromatic N) is 3. The van der Waals surface area contributed by atoms with Crippen LogP contribution in [0.5, 0.6) is 0 Å². The molecule has 110 valence electrons. The molecule has 1 aromatic carbocycles. The molecule has 1 unspecified atom stereocenters. The molecule has 5 nitrogen and oxygen atoms in total. The molecular weight excluding hydrogens is 264 g/mol. The van der Waals surface area contributed by atoms with Gasteiger partial charge in [-0.1, -0.05) is 6.07 Å². The van der Waals surface area contributed by atoms with Crippen LogP contribution in [0.4, 0.5) is 0 Å². The minimum atomic E-state index is -0.0457. The second-order valence-corrected chi connectivity index (χ2v) is 5.63. The van der Waals surface area contributed by atoms with Crippen molar-refractivity contribution in [3.63, 3.8) is 0 Å². The number of amides is 1. The van der Waals surface area contributed by atoms with Gasteiger partial charge in [-0.05, 0) is 51.5 Å². The van der Waals surface area contributed by atoms with E-state index in [0.29, 0.717) is 11.1 Å². The van der Waals surface area contributed by atoms with E-state index in [0.717, 1.165) is 37.9 Å². The molecule has 0 bridgehead atoms. The molecule has 1 aromatic heterocycles. The minimum absolute atomic E-state index is 0.0457. The van der Waals surface area contributed by atoms with Crippen molar-refractivity contribution < 1.29 is 4.79 Å². The summed E-state index contributed by atoms with van der Waals surface area (Å²) in [5.41, 5.74) is 2.03. The molecule has 0 saturated carbocycles. The zero-order valence-corrected chi connectivity index (χ0v) is 12.2. The first-order chi connectivity index (χ1) is 10.2. The van der Waals surface area contributed by atoms with E-state index in [1.54, 1.807) is 12.4 Å². The van der Waals surface area contributed by atoms with Gasteiger partial charge in [0, 0.05) is 18.4 Å². The summed E-state index contributed by atoms with van der Waals surface area (Å²) in [6, 6.07) is 5.79. The van der Waals surface area contributed by atoms with Crippen LogP contribution in [-0.4, -0.2) is 47.0 Å². The predicted octanol–water partition coefficient (Wildman–Crippen LogP) is 1.84. The Labute approximate surface area is 124 Å².